The van der Waals surface area contributed by atoms with Gasteiger partial charge in [-0.15, -0.1) is 0 Å². The zero-order valence-corrected chi connectivity index (χ0v) is 13.9. The molecule has 22 heavy (non-hydrogen) atoms. The normalized spacial score (nSPS) is 10.7. The highest BCUT2D eigenvalue weighted by atomic mass is 79.9. The second kappa shape index (κ2) is 7.29. The van der Waals surface area contributed by atoms with Crippen molar-refractivity contribution in [3.05, 3.63) is 57.0 Å². The molecule has 1 amide bonds. The first-order chi connectivity index (χ1) is 10.5. The van der Waals surface area contributed by atoms with Gasteiger partial charge in [0.15, 0.2) is 11.5 Å². The molecular weight excluding hydrogens is 372 g/mol. The van der Waals surface area contributed by atoms with Crippen LogP contribution in [0.15, 0.2) is 46.0 Å². The van der Waals surface area contributed by atoms with Crippen molar-refractivity contribution in [1.29, 1.82) is 0 Å². The molecule has 2 rings (SSSR count). The van der Waals surface area contributed by atoms with E-state index < -0.39 is 5.91 Å². The van der Waals surface area contributed by atoms with E-state index in [0.29, 0.717) is 26.4 Å². The van der Waals surface area contributed by atoms with Gasteiger partial charge in [-0.1, -0.05) is 23.7 Å². The van der Waals surface area contributed by atoms with Crippen LogP contribution in [0.1, 0.15) is 15.9 Å². The summed E-state index contributed by atoms with van der Waals surface area (Å²) in [6.07, 6.45) is 1.43. The van der Waals surface area contributed by atoms with Crippen LogP contribution in [0.25, 0.3) is 0 Å². The van der Waals surface area contributed by atoms with E-state index in [2.05, 4.69) is 26.5 Å². The molecule has 0 unspecified atom stereocenters. The Labute approximate surface area is 140 Å². The lowest BCUT2D eigenvalue weighted by Gasteiger charge is -2.06. The molecule has 0 aliphatic carbocycles. The molecule has 0 bridgehead atoms. The predicted octanol–water partition coefficient (Wildman–Crippen LogP) is 3.58. The van der Waals surface area contributed by atoms with Gasteiger partial charge in [0.2, 0.25) is 0 Å². The fourth-order valence-electron chi connectivity index (χ4n) is 1.69. The fraction of sp³-hybridized carbons (Fsp3) is 0.0667. The van der Waals surface area contributed by atoms with E-state index >= 15 is 0 Å². The number of benzene rings is 2. The Bertz CT molecular complexity index is 735. The van der Waals surface area contributed by atoms with Gasteiger partial charge >= 0.3 is 0 Å². The van der Waals surface area contributed by atoms with Crippen LogP contribution in [0.5, 0.6) is 11.5 Å². The first-order valence-electron chi connectivity index (χ1n) is 6.17. The Balaban J connectivity index is 2.12. The van der Waals surface area contributed by atoms with E-state index in [4.69, 9.17) is 16.3 Å². The maximum absolute atomic E-state index is 11.9. The van der Waals surface area contributed by atoms with E-state index in [0.717, 1.165) is 0 Å². The Morgan fingerprint density at radius 2 is 2.14 bits per heavy atom. The molecule has 7 heteroatoms. The number of nitrogens with zero attached hydrogens (tertiary/aromatic N) is 1. The molecule has 2 N–H and O–H groups in total. The first kappa shape index (κ1) is 16.3. The summed E-state index contributed by atoms with van der Waals surface area (Å²) in [5.41, 5.74) is 3.37. The number of ether oxygens (including phenoxy) is 1. The van der Waals surface area contributed by atoms with Crippen LogP contribution in [0.2, 0.25) is 5.02 Å². The number of rotatable bonds is 4. The molecule has 5 nitrogen and oxygen atoms in total. The van der Waals surface area contributed by atoms with Crippen molar-refractivity contribution in [2.24, 2.45) is 5.10 Å². The van der Waals surface area contributed by atoms with Crippen molar-refractivity contribution >= 4 is 39.7 Å². The van der Waals surface area contributed by atoms with Crippen LogP contribution in [0.4, 0.5) is 0 Å². The summed E-state index contributed by atoms with van der Waals surface area (Å²) in [5.74, 6) is -0.111. The number of nitrogens with one attached hydrogen (secondary N) is 1. The maximum Gasteiger partial charge on any atom is 0.272 e. The summed E-state index contributed by atoms with van der Waals surface area (Å²) in [7, 11) is 1.45. The SMILES string of the molecule is COc1cc(/C=N/NC(=O)c2ccccc2Cl)cc(Br)c1O. The van der Waals surface area contributed by atoms with Gasteiger partial charge in [0.05, 0.1) is 28.4 Å². The third-order valence-corrected chi connectivity index (χ3v) is 3.70. The highest BCUT2D eigenvalue weighted by Gasteiger charge is 2.09. The molecule has 0 aliphatic rings. The van der Waals surface area contributed by atoms with E-state index in [-0.39, 0.29) is 5.75 Å². The lowest BCUT2D eigenvalue weighted by atomic mass is 10.2. The van der Waals surface area contributed by atoms with Gasteiger partial charge < -0.3 is 9.84 Å². The smallest absolute Gasteiger partial charge is 0.272 e. The summed E-state index contributed by atoms with van der Waals surface area (Å²) in [5, 5.41) is 13.9. The summed E-state index contributed by atoms with van der Waals surface area (Å²) < 4.78 is 5.50. The zero-order chi connectivity index (χ0) is 16.1. The summed E-state index contributed by atoms with van der Waals surface area (Å²) in [4.78, 5) is 11.9. The molecule has 0 radical (unpaired) electrons. The number of aromatic hydroxyl groups is 1. The number of hydrazone groups is 1. The summed E-state index contributed by atoms with van der Waals surface area (Å²) in [6, 6.07) is 9.92. The molecule has 0 aliphatic heterocycles. The third kappa shape index (κ3) is 3.78. The van der Waals surface area contributed by atoms with Crippen LogP contribution in [0, 0.1) is 0 Å². The molecule has 0 fully saturated rings. The standard InChI is InChI=1S/C15H12BrClN2O3/c1-22-13-7-9(6-11(16)14(13)20)8-18-19-15(21)10-4-2-3-5-12(10)17/h2-8,20H,1H3,(H,19,21)/b18-8+. The zero-order valence-electron chi connectivity index (χ0n) is 11.5. The van der Waals surface area contributed by atoms with Gasteiger partial charge in [-0.3, -0.25) is 4.79 Å². The number of hydrogen-bond donors (Lipinski definition) is 2. The number of halogens is 2. The van der Waals surface area contributed by atoms with Gasteiger partial charge in [-0.2, -0.15) is 5.10 Å². The van der Waals surface area contributed by atoms with Gasteiger partial charge in [-0.05, 0) is 45.8 Å². The second-order valence-electron chi connectivity index (χ2n) is 4.23. The molecule has 0 saturated heterocycles. The number of phenols is 1. The first-order valence-corrected chi connectivity index (χ1v) is 7.34. The minimum Gasteiger partial charge on any atom is -0.503 e. The van der Waals surface area contributed by atoms with E-state index in [1.165, 1.54) is 13.3 Å². The molecule has 0 saturated carbocycles. The number of carbonyl (C=O) groups excluding carboxylic acids is 1. The van der Waals surface area contributed by atoms with Crippen molar-refractivity contribution in [1.82, 2.24) is 5.43 Å². The molecule has 0 heterocycles. The lowest BCUT2D eigenvalue weighted by molar-refractivity contribution is 0.0955. The molecule has 2 aromatic rings. The number of carbonyl (C=O) groups is 1. The van der Waals surface area contributed by atoms with Gasteiger partial charge in [0.25, 0.3) is 5.91 Å². The third-order valence-electron chi connectivity index (χ3n) is 2.77. The Hall–Kier alpha value is -2.05. The van der Waals surface area contributed by atoms with Crippen molar-refractivity contribution in [3.63, 3.8) is 0 Å². The molecule has 0 spiro atoms. The Morgan fingerprint density at radius 3 is 2.82 bits per heavy atom. The average molecular weight is 384 g/mol. The quantitative estimate of drug-likeness (QED) is 0.626. The monoisotopic (exact) mass is 382 g/mol. The molecule has 114 valence electrons. The molecule has 0 aromatic heterocycles. The van der Waals surface area contributed by atoms with Crippen molar-refractivity contribution < 1.29 is 14.6 Å². The predicted molar refractivity (Wildman–Crippen MR) is 88.9 cm³/mol. The van der Waals surface area contributed by atoms with Crippen LogP contribution < -0.4 is 10.2 Å². The van der Waals surface area contributed by atoms with Crippen molar-refractivity contribution in [3.8, 4) is 11.5 Å². The second-order valence-corrected chi connectivity index (χ2v) is 5.49. The van der Waals surface area contributed by atoms with E-state index in [1.54, 1.807) is 36.4 Å². The fourth-order valence-corrected chi connectivity index (χ4v) is 2.38. The number of hydrogen-bond acceptors (Lipinski definition) is 4. The Kier molecular flexibility index (Phi) is 5.41. The van der Waals surface area contributed by atoms with Crippen molar-refractivity contribution in [2.75, 3.05) is 7.11 Å². The largest absolute Gasteiger partial charge is 0.503 e. The van der Waals surface area contributed by atoms with Gasteiger partial charge in [-0.25, -0.2) is 5.43 Å². The molecule has 2 aromatic carbocycles. The number of amides is 1. The highest BCUT2D eigenvalue weighted by molar-refractivity contribution is 9.10. The minimum absolute atomic E-state index is 0.000229. The topological polar surface area (TPSA) is 70.9 Å². The molecule has 0 atom stereocenters. The summed E-state index contributed by atoms with van der Waals surface area (Å²) in [6.45, 7) is 0. The average Bonchev–Trinajstić information content (AvgIpc) is 2.50. The number of methoxy groups -OCH3 is 1. The van der Waals surface area contributed by atoms with Crippen molar-refractivity contribution in [2.45, 2.75) is 0 Å². The number of phenolic OH excluding ortho intramolecular Hbond substituents is 1. The van der Waals surface area contributed by atoms with Gasteiger partial charge in [0, 0.05) is 0 Å². The van der Waals surface area contributed by atoms with E-state index in [9.17, 15) is 9.90 Å². The Morgan fingerprint density at radius 1 is 1.41 bits per heavy atom. The van der Waals surface area contributed by atoms with Gasteiger partial charge in [0.1, 0.15) is 0 Å². The maximum atomic E-state index is 11.9. The van der Waals surface area contributed by atoms with E-state index in [1.807, 2.05) is 0 Å². The highest BCUT2D eigenvalue weighted by Crippen LogP contribution is 2.34. The van der Waals surface area contributed by atoms with Crippen LogP contribution in [-0.2, 0) is 0 Å². The van der Waals surface area contributed by atoms with Crippen LogP contribution in [-0.4, -0.2) is 24.3 Å². The van der Waals surface area contributed by atoms with Crippen LogP contribution >= 0.6 is 27.5 Å². The summed E-state index contributed by atoms with van der Waals surface area (Å²) >= 11 is 9.14. The lowest BCUT2D eigenvalue weighted by Crippen LogP contribution is -2.17. The van der Waals surface area contributed by atoms with Crippen LogP contribution in [0.3, 0.4) is 0 Å². The molecular formula is C15H12BrClN2O3. The minimum atomic E-state index is -0.411.